The number of Topliss-reactive ketones (excluding diaryl/α,β-unsaturated/α-hetero) is 1. The summed E-state index contributed by atoms with van der Waals surface area (Å²) >= 11 is 0. The molecule has 6 rings (SSSR count). The van der Waals surface area contributed by atoms with Crippen molar-refractivity contribution in [3.63, 3.8) is 0 Å². The Hall–Kier alpha value is -4.01. The number of carbonyl (C=O) groups excluding carboxylic acids is 2. The molecule has 2 fully saturated rings. The van der Waals surface area contributed by atoms with Gasteiger partial charge in [0.1, 0.15) is 5.82 Å². The van der Waals surface area contributed by atoms with Gasteiger partial charge in [-0.25, -0.2) is 4.98 Å². The summed E-state index contributed by atoms with van der Waals surface area (Å²) in [7, 11) is 0. The predicted molar refractivity (Wildman–Crippen MR) is 130 cm³/mol. The van der Waals surface area contributed by atoms with Gasteiger partial charge in [-0.3, -0.25) is 9.59 Å². The molecule has 0 atom stereocenters. The molecule has 1 aliphatic heterocycles. The number of H-pyrrole nitrogens is 1. The molecule has 2 aliphatic rings. The van der Waals surface area contributed by atoms with Crippen LogP contribution in [0.3, 0.4) is 0 Å². The average molecular weight is 471 g/mol. The lowest BCUT2D eigenvalue weighted by Gasteiger charge is -2.35. The molecule has 4 aromatic rings. The summed E-state index contributed by atoms with van der Waals surface area (Å²) in [6.45, 7) is 2.14. The van der Waals surface area contributed by atoms with E-state index in [0.717, 1.165) is 41.0 Å². The van der Waals surface area contributed by atoms with Gasteiger partial charge in [0.15, 0.2) is 0 Å². The van der Waals surface area contributed by atoms with Crippen LogP contribution in [0.5, 0.6) is 0 Å². The number of aromatic nitrogens is 4. The number of ketones is 1. The minimum Gasteiger partial charge on any atom is -0.360 e. The molecular weight excluding hydrogens is 444 g/mol. The summed E-state index contributed by atoms with van der Waals surface area (Å²) in [5.74, 6) is 1.55. The third-order valence-corrected chi connectivity index (χ3v) is 7.07. The molecule has 1 saturated carbocycles. The van der Waals surface area contributed by atoms with Crippen molar-refractivity contribution in [2.75, 3.05) is 31.1 Å². The van der Waals surface area contributed by atoms with Crippen LogP contribution < -0.4 is 4.90 Å². The molecule has 1 amide bonds. The second-order valence-corrected chi connectivity index (χ2v) is 9.20. The number of hydrogen-bond acceptors (Lipinski definition) is 7. The highest BCUT2D eigenvalue weighted by Crippen LogP contribution is 2.34. The third-order valence-electron chi connectivity index (χ3n) is 7.07. The van der Waals surface area contributed by atoms with E-state index in [-0.39, 0.29) is 0 Å². The summed E-state index contributed by atoms with van der Waals surface area (Å²) in [6.07, 6.45) is 8.04. The molecule has 0 spiro atoms. The molecule has 35 heavy (non-hydrogen) atoms. The lowest BCUT2D eigenvalue weighted by Crippen LogP contribution is -2.50. The lowest BCUT2D eigenvalue weighted by atomic mass is 10.1. The van der Waals surface area contributed by atoms with Crippen molar-refractivity contribution < 1.29 is 14.1 Å². The monoisotopic (exact) mass is 470 g/mol. The van der Waals surface area contributed by atoms with E-state index in [4.69, 9.17) is 4.52 Å². The van der Waals surface area contributed by atoms with Gasteiger partial charge < -0.3 is 19.3 Å². The van der Waals surface area contributed by atoms with Crippen LogP contribution in [0, 0.1) is 0 Å². The predicted octanol–water partition coefficient (Wildman–Crippen LogP) is 3.80. The second kappa shape index (κ2) is 8.98. The minimum atomic E-state index is -0.476. The zero-order chi connectivity index (χ0) is 23.8. The number of aromatic amines is 1. The molecule has 4 heterocycles. The number of piperazine rings is 1. The fraction of sp³-hybridized carbons (Fsp3) is 0.346. The first-order valence-corrected chi connectivity index (χ1v) is 12.1. The van der Waals surface area contributed by atoms with E-state index in [2.05, 4.69) is 25.0 Å². The highest BCUT2D eigenvalue weighted by molar-refractivity contribution is 6.44. The Labute approximate surface area is 202 Å². The van der Waals surface area contributed by atoms with E-state index in [1.807, 2.05) is 36.4 Å². The molecular formula is C26H26N6O3. The summed E-state index contributed by atoms with van der Waals surface area (Å²) in [5, 5.41) is 4.91. The summed E-state index contributed by atoms with van der Waals surface area (Å²) in [5.41, 5.74) is 2.08. The van der Waals surface area contributed by atoms with Crippen molar-refractivity contribution in [3.8, 4) is 11.4 Å². The maximum absolute atomic E-state index is 12.9. The number of amides is 1. The Bertz CT molecular complexity index is 1360. The van der Waals surface area contributed by atoms with Crippen LogP contribution in [0.2, 0.25) is 0 Å². The molecule has 178 valence electrons. The molecule has 1 saturated heterocycles. The fourth-order valence-corrected chi connectivity index (χ4v) is 5.05. The Morgan fingerprint density at radius 3 is 2.57 bits per heavy atom. The van der Waals surface area contributed by atoms with E-state index < -0.39 is 11.7 Å². The van der Waals surface area contributed by atoms with E-state index in [1.165, 1.54) is 12.8 Å². The van der Waals surface area contributed by atoms with E-state index in [0.29, 0.717) is 43.5 Å². The molecule has 0 radical (unpaired) electrons. The van der Waals surface area contributed by atoms with Gasteiger partial charge in [-0.1, -0.05) is 36.2 Å². The maximum Gasteiger partial charge on any atom is 0.295 e. The minimum absolute atomic E-state index is 0.380. The number of nitrogens with one attached hydrogen (secondary N) is 1. The zero-order valence-electron chi connectivity index (χ0n) is 19.3. The van der Waals surface area contributed by atoms with Crippen LogP contribution in [-0.2, 0) is 4.79 Å². The zero-order valence-corrected chi connectivity index (χ0v) is 19.3. The van der Waals surface area contributed by atoms with Gasteiger partial charge >= 0.3 is 0 Å². The number of nitrogens with zero attached hydrogens (tertiary/aromatic N) is 5. The van der Waals surface area contributed by atoms with Gasteiger partial charge in [-0.2, -0.15) is 4.98 Å². The van der Waals surface area contributed by atoms with Crippen LogP contribution in [0.15, 0.2) is 53.3 Å². The largest absolute Gasteiger partial charge is 0.360 e. The Morgan fingerprint density at radius 2 is 1.80 bits per heavy atom. The number of pyridine rings is 1. The van der Waals surface area contributed by atoms with E-state index in [1.54, 1.807) is 17.3 Å². The van der Waals surface area contributed by atoms with E-state index >= 15 is 0 Å². The molecule has 1 N–H and O–H groups in total. The standard InChI is InChI=1S/C26H26N6O3/c33-23(20-16-27-21-8-4-3-7-19(20)21)26(34)32-13-11-31(12-14-32)22-10-9-18(15-28-22)24-29-25(35-30-24)17-5-1-2-6-17/h3-4,7-10,15-17,27H,1-2,5-6,11-14H2. The normalized spacial score (nSPS) is 16.8. The van der Waals surface area contributed by atoms with Gasteiger partial charge in [0.25, 0.3) is 11.7 Å². The van der Waals surface area contributed by atoms with Gasteiger partial charge in [-0.15, -0.1) is 0 Å². The van der Waals surface area contributed by atoms with Crippen molar-refractivity contribution in [2.24, 2.45) is 0 Å². The van der Waals surface area contributed by atoms with Crippen molar-refractivity contribution in [3.05, 3.63) is 60.2 Å². The highest BCUT2D eigenvalue weighted by Gasteiger charge is 2.29. The SMILES string of the molecule is O=C(C(=O)N1CCN(c2ccc(-c3noc(C4CCCC4)n3)cn2)CC1)c1c[nH]c2ccccc12. The summed E-state index contributed by atoms with van der Waals surface area (Å²) in [4.78, 5) is 41.7. The first-order chi connectivity index (χ1) is 17.2. The van der Waals surface area contributed by atoms with E-state index in [9.17, 15) is 9.59 Å². The number of rotatable bonds is 5. The number of hydrogen-bond donors (Lipinski definition) is 1. The van der Waals surface area contributed by atoms with Crippen LogP contribution >= 0.6 is 0 Å². The Kier molecular flexibility index (Phi) is 5.52. The molecule has 3 aromatic heterocycles. The first-order valence-electron chi connectivity index (χ1n) is 12.1. The molecule has 0 unspecified atom stereocenters. The number of benzene rings is 1. The third kappa shape index (κ3) is 4.07. The lowest BCUT2D eigenvalue weighted by molar-refractivity contribution is -0.126. The van der Waals surface area contributed by atoms with Crippen molar-refractivity contribution >= 4 is 28.4 Å². The molecule has 9 heteroatoms. The number of carbonyl (C=O) groups is 2. The summed E-state index contributed by atoms with van der Waals surface area (Å²) < 4.78 is 5.49. The smallest absolute Gasteiger partial charge is 0.295 e. The quantitative estimate of drug-likeness (QED) is 0.349. The summed E-state index contributed by atoms with van der Waals surface area (Å²) in [6, 6.07) is 11.4. The Balaban J connectivity index is 1.08. The number of anilines is 1. The second-order valence-electron chi connectivity index (χ2n) is 9.20. The molecule has 1 aliphatic carbocycles. The maximum atomic E-state index is 12.9. The Morgan fingerprint density at radius 1 is 1.00 bits per heavy atom. The van der Waals surface area contributed by atoms with Gasteiger partial charge in [0.05, 0.1) is 5.56 Å². The topological polar surface area (TPSA) is 108 Å². The average Bonchev–Trinajstić information content (AvgIpc) is 3.69. The van der Waals surface area contributed by atoms with Crippen molar-refractivity contribution in [1.82, 2.24) is 25.0 Å². The fourth-order valence-electron chi connectivity index (χ4n) is 5.05. The molecule has 0 bridgehead atoms. The van der Waals surface area contributed by atoms with Crippen LogP contribution in [0.1, 0.15) is 47.8 Å². The van der Waals surface area contributed by atoms with Gasteiger partial charge in [0.2, 0.25) is 11.7 Å². The molecule has 1 aromatic carbocycles. The van der Waals surface area contributed by atoms with Crippen LogP contribution in [0.25, 0.3) is 22.3 Å². The highest BCUT2D eigenvalue weighted by atomic mass is 16.5. The number of fused-ring (bicyclic) bond motifs is 1. The van der Waals surface area contributed by atoms with Crippen LogP contribution in [0.4, 0.5) is 5.82 Å². The molecule has 9 nitrogen and oxygen atoms in total. The van der Waals surface area contributed by atoms with Crippen LogP contribution in [-0.4, -0.2) is 62.9 Å². The van der Waals surface area contributed by atoms with Gasteiger partial charge in [-0.05, 0) is 31.0 Å². The first kappa shape index (κ1) is 21.5. The van der Waals surface area contributed by atoms with Gasteiger partial charge in [0, 0.05) is 61.0 Å². The van der Waals surface area contributed by atoms with Crippen molar-refractivity contribution in [2.45, 2.75) is 31.6 Å². The van der Waals surface area contributed by atoms with Crippen molar-refractivity contribution in [1.29, 1.82) is 0 Å². The number of para-hydroxylation sites is 1.